The molecule has 27 heavy (non-hydrogen) atoms. The third kappa shape index (κ3) is 3.36. The summed E-state index contributed by atoms with van der Waals surface area (Å²) >= 11 is 0. The molecule has 2 aliphatic heterocycles. The largest absolute Gasteiger partial charge is 0.507 e. The number of hydrogen-bond acceptors (Lipinski definition) is 6. The Morgan fingerprint density at radius 2 is 1.67 bits per heavy atom. The maximum absolute atomic E-state index is 10.7. The van der Waals surface area contributed by atoms with Crippen molar-refractivity contribution in [3.63, 3.8) is 0 Å². The minimum Gasteiger partial charge on any atom is -0.507 e. The standard InChI is InChI=1S/C20H23NO6/c1-23-16-4-3-13(9-17(16)24-2)20(21-5-7-25-8-6-21)14-10-18-19(11-15(14)22)27-12-26-18/h3-4,9-11,20,22H,5-8,12H2,1-2H3/p+1/t20-/m1/s1. The van der Waals surface area contributed by atoms with Crippen molar-refractivity contribution in [2.45, 2.75) is 6.04 Å². The summed E-state index contributed by atoms with van der Waals surface area (Å²) in [6.45, 7) is 3.22. The van der Waals surface area contributed by atoms with Crippen LogP contribution in [0.4, 0.5) is 0 Å². The molecule has 1 saturated heterocycles. The van der Waals surface area contributed by atoms with Crippen molar-refractivity contribution in [2.75, 3.05) is 47.3 Å². The van der Waals surface area contributed by atoms with E-state index >= 15 is 0 Å². The molecule has 0 unspecified atom stereocenters. The monoisotopic (exact) mass is 374 g/mol. The summed E-state index contributed by atoms with van der Waals surface area (Å²) in [5, 5.41) is 10.7. The summed E-state index contributed by atoms with van der Waals surface area (Å²) in [6, 6.07) is 9.29. The summed E-state index contributed by atoms with van der Waals surface area (Å²) in [6.07, 6.45) is 0. The van der Waals surface area contributed by atoms with Crippen LogP contribution in [0.3, 0.4) is 0 Å². The number of hydrogen-bond donors (Lipinski definition) is 2. The summed E-state index contributed by atoms with van der Waals surface area (Å²) < 4.78 is 27.3. The quantitative estimate of drug-likeness (QED) is 0.818. The molecule has 0 aliphatic carbocycles. The maximum atomic E-state index is 10.7. The van der Waals surface area contributed by atoms with Gasteiger partial charge in [0.15, 0.2) is 23.0 Å². The van der Waals surface area contributed by atoms with Gasteiger partial charge in [0.1, 0.15) is 24.9 Å². The molecule has 0 bridgehead atoms. The van der Waals surface area contributed by atoms with Crippen molar-refractivity contribution >= 4 is 0 Å². The van der Waals surface area contributed by atoms with Crippen molar-refractivity contribution < 1.29 is 33.7 Å². The Kier molecular flexibility index (Phi) is 4.96. The summed E-state index contributed by atoms with van der Waals surface area (Å²) in [4.78, 5) is 1.31. The number of rotatable bonds is 5. The lowest BCUT2D eigenvalue weighted by molar-refractivity contribution is -0.933. The third-order valence-electron chi connectivity index (χ3n) is 5.12. The Morgan fingerprint density at radius 1 is 0.963 bits per heavy atom. The third-order valence-corrected chi connectivity index (χ3v) is 5.12. The first kappa shape index (κ1) is 17.8. The highest BCUT2D eigenvalue weighted by Crippen LogP contribution is 2.41. The summed E-state index contributed by atoms with van der Waals surface area (Å²) in [5.41, 5.74) is 1.82. The number of morpholine rings is 1. The average molecular weight is 374 g/mol. The van der Waals surface area contributed by atoms with E-state index in [1.165, 1.54) is 4.90 Å². The van der Waals surface area contributed by atoms with E-state index in [4.69, 9.17) is 23.7 Å². The van der Waals surface area contributed by atoms with Gasteiger partial charge < -0.3 is 33.7 Å². The van der Waals surface area contributed by atoms with Crippen LogP contribution in [0.15, 0.2) is 30.3 Å². The van der Waals surface area contributed by atoms with Crippen LogP contribution in [0, 0.1) is 0 Å². The van der Waals surface area contributed by atoms with Gasteiger partial charge in [0.05, 0.1) is 33.0 Å². The zero-order chi connectivity index (χ0) is 18.8. The number of nitrogens with one attached hydrogen (secondary N) is 1. The van der Waals surface area contributed by atoms with Gasteiger partial charge in [0.2, 0.25) is 6.79 Å². The zero-order valence-electron chi connectivity index (χ0n) is 15.5. The average Bonchev–Trinajstić information content (AvgIpc) is 3.16. The molecular weight excluding hydrogens is 350 g/mol. The van der Waals surface area contributed by atoms with E-state index in [2.05, 4.69) is 0 Å². The molecule has 2 heterocycles. The van der Waals surface area contributed by atoms with Crippen LogP contribution in [0.1, 0.15) is 17.2 Å². The second-order valence-electron chi connectivity index (χ2n) is 6.58. The molecule has 0 radical (unpaired) electrons. The highest BCUT2D eigenvalue weighted by atomic mass is 16.7. The van der Waals surface area contributed by atoms with Gasteiger partial charge in [-0.1, -0.05) is 0 Å². The molecule has 1 atom stereocenters. The Bertz CT molecular complexity index is 818. The highest BCUT2D eigenvalue weighted by Gasteiger charge is 2.33. The molecule has 7 heteroatoms. The zero-order valence-corrected chi connectivity index (χ0v) is 15.5. The van der Waals surface area contributed by atoms with Crippen LogP contribution in [0.5, 0.6) is 28.7 Å². The van der Waals surface area contributed by atoms with Crippen molar-refractivity contribution in [2.24, 2.45) is 0 Å². The van der Waals surface area contributed by atoms with E-state index < -0.39 is 0 Å². The normalized spacial score (nSPS) is 17.6. The predicted octanol–water partition coefficient (Wildman–Crippen LogP) is 1.14. The van der Waals surface area contributed by atoms with E-state index in [9.17, 15) is 5.11 Å². The first-order valence-corrected chi connectivity index (χ1v) is 8.98. The van der Waals surface area contributed by atoms with Crippen LogP contribution in [0.25, 0.3) is 0 Å². The van der Waals surface area contributed by atoms with Gasteiger partial charge in [0, 0.05) is 11.6 Å². The van der Waals surface area contributed by atoms with Gasteiger partial charge in [-0.05, 0) is 24.3 Å². The van der Waals surface area contributed by atoms with E-state index in [0.29, 0.717) is 36.2 Å². The number of phenols is 1. The molecule has 2 aromatic carbocycles. The maximum Gasteiger partial charge on any atom is 0.231 e. The van der Waals surface area contributed by atoms with Crippen molar-refractivity contribution in [3.05, 3.63) is 41.5 Å². The molecule has 2 aromatic rings. The number of quaternary nitrogens is 1. The predicted molar refractivity (Wildman–Crippen MR) is 97.1 cm³/mol. The fourth-order valence-corrected chi connectivity index (χ4v) is 3.77. The first-order chi connectivity index (χ1) is 13.2. The van der Waals surface area contributed by atoms with E-state index in [1.54, 1.807) is 20.3 Å². The van der Waals surface area contributed by atoms with Crippen LogP contribution >= 0.6 is 0 Å². The molecule has 0 spiro atoms. The van der Waals surface area contributed by atoms with E-state index in [0.717, 1.165) is 24.2 Å². The second kappa shape index (κ2) is 7.54. The van der Waals surface area contributed by atoms with Gasteiger partial charge >= 0.3 is 0 Å². The number of methoxy groups -OCH3 is 2. The van der Waals surface area contributed by atoms with Gasteiger partial charge in [-0.15, -0.1) is 0 Å². The molecule has 7 nitrogen and oxygen atoms in total. The first-order valence-electron chi connectivity index (χ1n) is 8.98. The van der Waals surface area contributed by atoms with Crippen LogP contribution in [-0.4, -0.2) is 52.4 Å². The number of fused-ring (bicyclic) bond motifs is 1. The fourth-order valence-electron chi connectivity index (χ4n) is 3.77. The Hall–Kier alpha value is -2.64. The number of phenolic OH excluding ortho intramolecular Hbond substituents is 1. The van der Waals surface area contributed by atoms with Gasteiger partial charge in [0.25, 0.3) is 0 Å². The smallest absolute Gasteiger partial charge is 0.231 e. The Morgan fingerprint density at radius 3 is 2.37 bits per heavy atom. The molecule has 0 aromatic heterocycles. The van der Waals surface area contributed by atoms with Crippen molar-refractivity contribution in [1.82, 2.24) is 0 Å². The van der Waals surface area contributed by atoms with Crippen molar-refractivity contribution in [3.8, 4) is 28.7 Å². The van der Waals surface area contributed by atoms with Crippen LogP contribution in [0.2, 0.25) is 0 Å². The second-order valence-corrected chi connectivity index (χ2v) is 6.58. The van der Waals surface area contributed by atoms with Gasteiger partial charge in [-0.3, -0.25) is 0 Å². The van der Waals surface area contributed by atoms with Gasteiger partial charge in [-0.2, -0.15) is 0 Å². The topological polar surface area (TPSA) is 70.8 Å². The fraction of sp³-hybridized carbons (Fsp3) is 0.400. The SMILES string of the molecule is COc1ccc([C@H](c2cc3c(cc2O)OCO3)[NH+]2CCOCC2)cc1OC. The summed E-state index contributed by atoms with van der Waals surface area (Å²) in [7, 11) is 3.24. The van der Waals surface area contributed by atoms with Crippen LogP contribution < -0.4 is 23.8 Å². The van der Waals surface area contributed by atoms with Gasteiger partial charge in [-0.25, -0.2) is 0 Å². The molecule has 2 aliphatic rings. The molecule has 4 rings (SSSR count). The minimum atomic E-state index is -0.0943. The molecule has 0 amide bonds. The highest BCUT2D eigenvalue weighted by molar-refractivity contribution is 5.54. The van der Waals surface area contributed by atoms with E-state index in [-0.39, 0.29) is 18.6 Å². The molecule has 2 N–H and O–H groups in total. The molecule has 1 fully saturated rings. The van der Waals surface area contributed by atoms with Crippen LogP contribution in [-0.2, 0) is 4.74 Å². The van der Waals surface area contributed by atoms with Crippen molar-refractivity contribution in [1.29, 1.82) is 0 Å². The Labute approximate surface area is 158 Å². The number of ether oxygens (including phenoxy) is 5. The van der Waals surface area contributed by atoms with E-state index in [1.807, 2.05) is 24.3 Å². The minimum absolute atomic E-state index is 0.0943. The lowest BCUT2D eigenvalue weighted by atomic mass is 9.95. The Balaban J connectivity index is 1.81. The molecule has 0 saturated carbocycles. The summed E-state index contributed by atoms with van der Waals surface area (Å²) in [5.74, 6) is 2.75. The molecule has 144 valence electrons. The number of benzene rings is 2. The lowest BCUT2D eigenvalue weighted by Gasteiger charge is -2.32. The number of aromatic hydroxyl groups is 1. The lowest BCUT2D eigenvalue weighted by Crippen LogP contribution is -3.14. The molecular formula is C20H24NO6+.